The van der Waals surface area contributed by atoms with E-state index in [0.29, 0.717) is 18.3 Å². The number of amides is 1. The normalized spacial score (nSPS) is 19.9. The molecule has 1 aliphatic rings. The fourth-order valence-corrected chi connectivity index (χ4v) is 4.05. The third-order valence-corrected chi connectivity index (χ3v) is 5.74. The molecule has 1 amide bonds. The van der Waals surface area contributed by atoms with Gasteiger partial charge in [-0.2, -0.15) is 0 Å². The third kappa shape index (κ3) is 4.75. The smallest absolute Gasteiger partial charge is 0.230 e. The molecular formula is C20H26N4OS. The average Bonchev–Trinajstić information content (AvgIpc) is 3.06. The summed E-state index contributed by atoms with van der Waals surface area (Å²) in [5.41, 5.74) is 1.01. The number of benzene rings is 1. The van der Waals surface area contributed by atoms with Crippen LogP contribution in [0.5, 0.6) is 0 Å². The number of allylic oxidation sites excluding steroid dienone is 1. The molecule has 0 spiro atoms. The number of thioether (sulfide) groups is 1. The van der Waals surface area contributed by atoms with Crippen molar-refractivity contribution in [3.8, 4) is 11.4 Å². The van der Waals surface area contributed by atoms with Gasteiger partial charge in [-0.3, -0.25) is 9.36 Å². The Labute approximate surface area is 159 Å². The molecule has 1 saturated carbocycles. The first kappa shape index (κ1) is 18.7. The van der Waals surface area contributed by atoms with Crippen LogP contribution >= 0.6 is 11.8 Å². The zero-order valence-corrected chi connectivity index (χ0v) is 16.0. The van der Waals surface area contributed by atoms with Crippen LogP contribution in [0.25, 0.3) is 11.4 Å². The van der Waals surface area contributed by atoms with Crippen LogP contribution in [0, 0.1) is 5.92 Å². The van der Waals surface area contributed by atoms with Crippen molar-refractivity contribution >= 4 is 17.7 Å². The Kier molecular flexibility index (Phi) is 6.50. The van der Waals surface area contributed by atoms with Gasteiger partial charge in [0.05, 0.1) is 5.75 Å². The van der Waals surface area contributed by atoms with Crippen LogP contribution in [0.3, 0.4) is 0 Å². The van der Waals surface area contributed by atoms with Gasteiger partial charge in [-0.05, 0) is 31.6 Å². The highest BCUT2D eigenvalue weighted by Crippen LogP contribution is 2.25. The standard InChI is InChI=1S/C20H26N4OS/c1-3-13-24-19(16-7-5-4-6-8-16)22-23-20(24)26-14-18(25)21-17-11-9-15(2)10-12-17/h3-8,15,17H,1,9-14H2,2H3,(H,21,25). The van der Waals surface area contributed by atoms with Crippen molar-refractivity contribution in [2.24, 2.45) is 5.92 Å². The summed E-state index contributed by atoms with van der Waals surface area (Å²) in [7, 11) is 0. The van der Waals surface area contributed by atoms with Crippen molar-refractivity contribution in [2.75, 3.05) is 5.75 Å². The fraction of sp³-hybridized carbons (Fsp3) is 0.450. The number of aromatic nitrogens is 3. The van der Waals surface area contributed by atoms with Crippen LogP contribution < -0.4 is 5.32 Å². The van der Waals surface area contributed by atoms with Gasteiger partial charge in [-0.1, -0.05) is 55.1 Å². The third-order valence-electron chi connectivity index (χ3n) is 4.77. The molecule has 1 aromatic heterocycles. The summed E-state index contributed by atoms with van der Waals surface area (Å²) in [6, 6.07) is 10.3. The molecule has 0 unspecified atom stereocenters. The molecule has 0 aliphatic heterocycles. The van der Waals surface area contributed by atoms with Gasteiger partial charge < -0.3 is 5.32 Å². The summed E-state index contributed by atoms with van der Waals surface area (Å²) in [6.45, 7) is 6.72. The summed E-state index contributed by atoms with van der Waals surface area (Å²) in [6.07, 6.45) is 6.40. The van der Waals surface area contributed by atoms with Gasteiger partial charge in [0.2, 0.25) is 5.91 Å². The predicted molar refractivity (Wildman–Crippen MR) is 106 cm³/mol. The highest BCUT2D eigenvalue weighted by Gasteiger charge is 2.20. The second-order valence-corrected chi connectivity index (χ2v) is 7.83. The van der Waals surface area contributed by atoms with Crippen LogP contribution in [0.15, 0.2) is 48.1 Å². The zero-order chi connectivity index (χ0) is 18.4. The van der Waals surface area contributed by atoms with Crippen LogP contribution in [-0.2, 0) is 11.3 Å². The number of hydrogen-bond acceptors (Lipinski definition) is 4. The highest BCUT2D eigenvalue weighted by atomic mass is 32.2. The van der Waals surface area contributed by atoms with Crippen LogP contribution in [0.4, 0.5) is 0 Å². The summed E-state index contributed by atoms with van der Waals surface area (Å²) in [4.78, 5) is 12.3. The molecule has 0 atom stereocenters. The summed E-state index contributed by atoms with van der Waals surface area (Å²) in [5.74, 6) is 2.01. The van der Waals surface area contributed by atoms with E-state index >= 15 is 0 Å². The van der Waals surface area contributed by atoms with Gasteiger partial charge in [-0.25, -0.2) is 0 Å². The maximum atomic E-state index is 12.3. The molecule has 0 saturated heterocycles. The second-order valence-electron chi connectivity index (χ2n) is 6.88. The summed E-state index contributed by atoms with van der Waals surface area (Å²) < 4.78 is 2.00. The first-order valence-corrected chi connectivity index (χ1v) is 10.2. The van der Waals surface area contributed by atoms with E-state index in [1.165, 1.54) is 24.6 Å². The lowest BCUT2D eigenvalue weighted by Gasteiger charge is -2.26. The monoisotopic (exact) mass is 370 g/mol. The topological polar surface area (TPSA) is 59.8 Å². The van der Waals surface area contributed by atoms with E-state index in [1.807, 2.05) is 41.0 Å². The molecular weight excluding hydrogens is 344 g/mol. The number of carbonyl (C=O) groups is 1. The lowest BCUT2D eigenvalue weighted by molar-refractivity contribution is -0.119. The molecule has 3 rings (SSSR count). The number of carbonyl (C=O) groups excluding carboxylic acids is 1. The van der Waals surface area contributed by atoms with Crippen LogP contribution in [0.2, 0.25) is 0 Å². The van der Waals surface area contributed by atoms with E-state index in [9.17, 15) is 4.79 Å². The Morgan fingerprint density at radius 3 is 2.69 bits per heavy atom. The lowest BCUT2D eigenvalue weighted by atomic mass is 9.87. The van der Waals surface area contributed by atoms with Gasteiger partial charge in [0.15, 0.2) is 11.0 Å². The number of hydrogen-bond donors (Lipinski definition) is 1. The quantitative estimate of drug-likeness (QED) is 0.593. The fourth-order valence-electron chi connectivity index (χ4n) is 3.29. The van der Waals surface area contributed by atoms with E-state index < -0.39 is 0 Å². The zero-order valence-electron chi connectivity index (χ0n) is 15.2. The van der Waals surface area contributed by atoms with Crippen LogP contribution in [0.1, 0.15) is 32.6 Å². The molecule has 1 heterocycles. The minimum absolute atomic E-state index is 0.0731. The van der Waals surface area contributed by atoms with E-state index in [4.69, 9.17) is 0 Å². The molecule has 1 N–H and O–H groups in total. The van der Waals surface area contributed by atoms with Crippen molar-refractivity contribution in [1.29, 1.82) is 0 Å². The molecule has 0 bridgehead atoms. The Balaban J connectivity index is 1.61. The minimum atomic E-state index is 0.0731. The molecule has 26 heavy (non-hydrogen) atoms. The van der Waals surface area contributed by atoms with Crippen molar-refractivity contribution in [1.82, 2.24) is 20.1 Å². The summed E-state index contributed by atoms with van der Waals surface area (Å²) >= 11 is 1.43. The Morgan fingerprint density at radius 2 is 2.00 bits per heavy atom. The molecule has 1 aromatic carbocycles. The van der Waals surface area contributed by atoms with E-state index in [1.54, 1.807) is 0 Å². The van der Waals surface area contributed by atoms with Gasteiger partial charge in [0.1, 0.15) is 0 Å². The van der Waals surface area contributed by atoms with Crippen molar-refractivity contribution < 1.29 is 4.79 Å². The second kappa shape index (κ2) is 9.03. The molecule has 5 nitrogen and oxygen atoms in total. The molecule has 138 valence electrons. The molecule has 6 heteroatoms. The van der Waals surface area contributed by atoms with Crippen molar-refractivity contribution in [3.63, 3.8) is 0 Å². The van der Waals surface area contributed by atoms with Gasteiger partial charge >= 0.3 is 0 Å². The van der Waals surface area contributed by atoms with Crippen molar-refractivity contribution in [3.05, 3.63) is 43.0 Å². The number of nitrogens with one attached hydrogen (secondary N) is 1. The first-order valence-electron chi connectivity index (χ1n) is 9.19. The highest BCUT2D eigenvalue weighted by molar-refractivity contribution is 7.99. The number of nitrogens with zero attached hydrogens (tertiary/aromatic N) is 3. The Bertz CT molecular complexity index is 736. The molecule has 1 fully saturated rings. The van der Waals surface area contributed by atoms with E-state index in [-0.39, 0.29) is 5.91 Å². The Hall–Kier alpha value is -2.08. The molecule has 1 aliphatic carbocycles. The maximum Gasteiger partial charge on any atom is 0.230 e. The van der Waals surface area contributed by atoms with Gasteiger partial charge in [0.25, 0.3) is 0 Å². The van der Waals surface area contributed by atoms with E-state index in [2.05, 4.69) is 29.0 Å². The predicted octanol–water partition coefficient (Wildman–Crippen LogP) is 3.92. The SMILES string of the molecule is C=CCn1c(SCC(=O)NC2CCC(C)CC2)nnc1-c1ccccc1. The largest absolute Gasteiger partial charge is 0.353 e. The first-order chi connectivity index (χ1) is 12.7. The average molecular weight is 371 g/mol. The molecule has 2 aromatic rings. The summed E-state index contributed by atoms with van der Waals surface area (Å²) in [5, 5.41) is 12.5. The van der Waals surface area contributed by atoms with Gasteiger partial charge in [0, 0.05) is 18.2 Å². The lowest BCUT2D eigenvalue weighted by Crippen LogP contribution is -2.38. The van der Waals surface area contributed by atoms with Gasteiger partial charge in [-0.15, -0.1) is 16.8 Å². The van der Waals surface area contributed by atoms with Crippen molar-refractivity contribution in [2.45, 2.75) is 50.4 Å². The van der Waals surface area contributed by atoms with Crippen LogP contribution in [-0.4, -0.2) is 32.5 Å². The number of rotatable bonds is 7. The minimum Gasteiger partial charge on any atom is -0.353 e. The maximum absolute atomic E-state index is 12.3. The molecule has 0 radical (unpaired) electrons. The van der Waals surface area contributed by atoms with E-state index in [0.717, 1.165) is 35.3 Å². The Morgan fingerprint density at radius 1 is 1.27 bits per heavy atom.